The van der Waals surface area contributed by atoms with E-state index >= 15 is 0 Å². The Labute approximate surface area is 101 Å². The van der Waals surface area contributed by atoms with Gasteiger partial charge in [-0.3, -0.25) is 0 Å². The number of nitrogens with one attached hydrogen (secondary N) is 1. The van der Waals surface area contributed by atoms with Crippen molar-refractivity contribution in [3.8, 4) is 0 Å². The van der Waals surface area contributed by atoms with E-state index in [-0.39, 0.29) is 0 Å². The SMILES string of the molecule is CNC(COC(C)C)C1CC(C)CC(C)C1. The minimum atomic E-state index is 0.342. The van der Waals surface area contributed by atoms with Gasteiger partial charge in [0.05, 0.1) is 12.7 Å². The van der Waals surface area contributed by atoms with Crippen LogP contribution >= 0.6 is 0 Å². The number of rotatable bonds is 5. The molecule has 1 N–H and O–H groups in total. The van der Waals surface area contributed by atoms with Gasteiger partial charge in [-0.25, -0.2) is 0 Å². The highest BCUT2D eigenvalue weighted by atomic mass is 16.5. The van der Waals surface area contributed by atoms with Crippen LogP contribution in [0.25, 0.3) is 0 Å². The first-order valence-electron chi connectivity index (χ1n) is 6.81. The molecule has 1 aliphatic rings. The van der Waals surface area contributed by atoms with Crippen molar-refractivity contribution in [1.82, 2.24) is 5.32 Å². The topological polar surface area (TPSA) is 21.3 Å². The van der Waals surface area contributed by atoms with Gasteiger partial charge in [0.1, 0.15) is 0 Å². The lowest BCUT2D eigenvalue weighted by Gasteiger charge is -2.36. The van der Waals surface area contributed by atoms with Crippen LogP contribution in [0.3, 0.4) is 0 Å². The van der Waals surface area contributed by atoms with E-state index in [0.717, 1.165) is 24.4 Å². The third-order valence-electron chi connectivity index (χ3n) is 3.76. The van der Waals surface area contributed by atoms with E-state index < -0.39 is 0 Å². The van der Waals surface area contributed by atoms with Crippen LogP contribution < -0.4 is 5.32 Å². The largest absolute Gasteiger partial charge is 0.377 e. The Kier molecular flexibility index (Phi) is 5.77. The summed E-state index contributed by atoms with van der Waals surface area (Å²) in [6, 6.07) is 0.535. The summed E-state index contributed by atoms with van der Waals surface area (Å²) in [6.45, 7) is 9.85. The van der Waals surface area contributed by atoms with Crippen LogP contribution in [-0.2, 0) is 4.74 Å². The molecule has 3 atom stereocenters. The fourth-order valence-electron chi connectivity index (χ4n) is 3.09. The Bertz CT molecular complexity index is 183. The van der Waals surface area contributed by atoms with Crippen molar-refractivity contribution < 1.29 is 4.74 Å². The average Bonchev–Trinajstić information content (AvgIpc) is 2.16. The van der Waals surface area contributed by atoms with Gasteiger partial charge in [0.25, 0.3) is 0 Å². The van der Waals surface area contributed by atoms with E-state index in [1.165, 1.54) is 19.3 Å². The third-order valence-corrected chi connectivity index (χ3v) is 3.76. The number of hydrogen-bond acceptors (Lipinski definition) is 2. The summed E-state index contributed by atoms with van der Waals surface area (Å²) in [6.07, 6.45) is 4.46. The molecule has 0 heterocycles. The second-order valence-corrected chi connectivity index (χ2v) is 5.95. The van der Waals surface area contributed by atoms with E-state index in [2.05, 4.69) is 40.1 Å². The van der Waals surface area contributed by atoms with Gasteiger partial charge in [0, 0.05) is 6.04 Å². The zero-order valence-corrected chi connectivity index (χ0v) is 11.6. The second-order valence-electron chi connectivity index (χ2n) is 5.95. The average molecular weight is 227 g/mol. The molecule has 0 aromatic rings. The molecule has 0 saturated heterocycles. The lowest BCUT2D eigenvalue weighted by molar-refractivity contribution is 0.0371. The molecule has 1 rings (SSSR count). The van der Waals surface area contributed by atoms with Crippen molar-refractivity contribution in [2.45, 2.75) is 59.1 Å². The van der Waals surface area contributed by atoms with E-state index in [4.69, 9.17) is 4.74 Å². The number of ether oxygens (including phenoxy) is 1. The molecular formula is C14H29NO. The van der Waals surface area contributed by atoms with Gasteiger partial charge in [0.2, 0.25) is 0 Å². The molecule has 96 valence electrons. The first kappa shape index (κ1) is 14.0. The van der Waals surface area contributed by atoms with E-state index in [1.54, 1.807) is 0 Å². The first-order chi connectivity index (χ1) is 7.52. The molecule has 1 saturated carbocycles. The Morgan fingerprint density at radius 3 is 2.12 bits per heavy atom. The van der Waals surface area contributed by atoms with Crippen molar-refractivity contribution in [2.24, 2.45) is 17.8 Å². The molecule has 16 heavy (non-hydrogen) atoms. The second kappa shape index (κ2) is 6.61. The Balaban J connectivity index is 2.44. The minimum Gasteiger partial charge on any atom is -0.377 e. The van der Waals surface area contributed by atoms with Gasteiger partial charge < -0.3 is 10.1 Å². The lowest BCUT2D eigenvalue weighted by atomic mass is 9.74. The van der Waals surface area contributed by atoms with Crippen LogP contribution in [0, 0.1) is 17.8 Å². The molecule has 3 unspecified atom stereocenters. The van der Waals surface area contributed by atoms with Crippen molar-refractivity contribution in [1.29, 1.82) is 0 Å². The predicted molar refractivity (Wildman–Crippen MR) is 69.6 cm³/mol. The van der Waals surface area contributed by atoms with Gasteiger partial charge >= 0.3 is 0 Å². The smallest absolute Gasteiger partial charge is 0.0625 e. The molecule has 1 fully saturated rings. The summed E-state index contributed by atoms with van der Waals surface area (Å²) in [5.41, 5.74) is 0. The lowest BCUT2D eigenvalue weighted by Crippen LogP contribution is -2.41. The summed E-state index contributed by atoms with van der Waals surface area (Å²) < 4.78 is 5.76. The summed E-state index contributed by atoms with van der Waals surface area (Å²) in [7, 11) is 2.07. The summed E-state index contributed by atoms with van der Waals surface area (Å²) >= 11 is 0. The molecule has 0 bridgehead atoms. The van der Waals surface area contributed by atoms with Crippen LogP contribution in [0.2, 0.25) is 0 Å². The predicted octanol–water partition coefficient (Wildman–Crippen LogP) is 3.07. The van der Waals surface area contributed by atoms with Gasteiger partial charge in [0.15, 0.2) is 0 Å². The van der Waals surface area contributed by atoms with Crippen molar-refractivity contribution in [3.05, 3.63) is 0 Å². The fourth-order valence-corrected chi connectivity index (χ4v) is 3.09. The van der Waals surface area contributed by atoms with Crippen LogP contribution in [0.5, 0.6) is 0 Å². The summed E-state index contributed by atoms with van der Waals surface area (Å²) in [4.78, 5) is 0. The molecule has 0 aromatic carbocycles. The highest BCUT2D eigenvalue weighted by molar-refractivity contribution is 4.83. The molecule has 2 nitrogen and oxygen atoms in total. The maximum Gasteiger partial charge on any atom is 0.0625 e. The van der Waals surface area contributed by atoms with Crippen molar-refractivity contribution in [3.63, 3.8) is 0 Å². The molecular weight excluding hydrogens is 198 g/mol. The van der Waals surface area contributed by atoms with Crippen molar-refractivity contribution in [2.75, 3.05) is 13.7 Å². The normalized spacial score (nSPS) is 33.0. The summed E-state index contributed by atoms with van der Waals surface area (Å²) in [5.74, 6) is 2.55. The maximum atomic E-state index is 5.76. The molecule has 0 aliphatic heterocycles. The van der Waals surface area contributed by atoms with Gasteiger partial charge in [-0.1, -0.05) is 13.8 Å². The fraction of sp³-hybridized carbons (Fsp3) is 1.00. The van der Waals surface area contributed by atoms with Crippen LogP contribution in [-0.4, -0.2) is 25.8 Å². The number of hydrogen-bond donors (Lipinski definition) is 1. The molecule has 2 heteroatoms. The van der Waals surface area contributed by atoms with Crippen LogP contribution in [0.15, 0.2) is 0 Å². The zero-order chi connectivity index (χ0) is 12.1. The van der Waals surface area contributed by atoms with Gasteiger partial charge in [-0.15, -0.1) is 0 Å². The summed E-state index contributed by atoms with van der Waals surface area (Å²) in [5, 5.41) is 3.44. The molecule has 0 radical (unpaired) electrons. The quantitative estimate of drug-likeness (QED) is 0.779. The zero-order valence-electron chi connectivity index (χ0n) is 11.6. The van der Waals surface area contributed by atoms with Gasteiger partial charge in [-0.05, 0) is 57.9 Å². The Morgan fingerprint density at radius 2 is 1.69 bits per heavy atom. The number of likely N-dealkylation sites (N-methyl/N-ethyl adjacent to an activating group) is 1. The van der Waals surface area contributed by atoms with Gasteiger partial charge in [-0.2, -0.15) is 0 Å². The minimum absolute atomic E-state index is 0.342. The monoisotopic (exact) mass is 227 g/mol. The molecule has 0 aromatic heterocycles. The van der Waals surface area contributed by atoms with E-state index in [1.807, 2.05) is 0 Å². The Hall–Kier alpha value is -0.0800. The van der Waals surface area contributed by atoms with Crippen LogP contribution in [0.4, 0.5) is 0 Å². The highest BCUT2D eigenvalue weighted by Gasteiger charge is 2.29. The molecule has 0 amide bonds. The third kappa shape index (κ3) is 4.42. The maximum absolute atomic E-state index is 5.76. The Morgan fingerprint density at radius 1 is 1.12 bits per heavy atom. The van der Waals surface area contributed by atoms with E-state index in [9.17, 15) is 0 Å². The standard InChI is InChI=1S/C14H29NO/c1-10(2)16-9-14(15-5)13-7-11(3)6-12(4)8-13/h10-15H,6-9H2,1-5H3. The molecule has 0 spiro atoms. The molecule has 1 aliphatic carbocycles. The van der Waals surface area contributed by atoms with Crippen molar-refractivity contribution >= 4 is 0 Å². The first-order valence-corrected chi connectivity index (χ1v) is 6.81. The van der Waals surface area contributed by atoms with E-state index in [0.29, 0.717) is 12.1 Å². The highest BCUT2D eigenvalue weighted by Crippen LogP contribution is 2.34. The van der Waals surface area contributed by atoms with Crippen LogP contribution in [0.1, 0.15) is 47.0 Å².